The summed E-state index contributed by atoms with van der Waals surface area (Å²) in [5, 5.41) is 1.29. The zero-order chi connectivity index (χ0) is 28.4. The molecule has 0 spiro atoms. The lowest BCUT2D eigenvalue weighted by molar-refractivity contribution is 0.199. The molecule has 0 saturated carbocycles. The Morgan fingerprint density at radius 1 is 0.850 bits per heavy atom. The molecule has 0 N–H and O–H groups in total. The van der Waals surface area contributed by atoms with E-state index in [-0.39, 0.29) is 0 Å². The number of fused-ring (bicyclic) bond motifs is 1. The fraction of sp³-hybridized carbons (Fsp3) is 0.611. The summed E-state index contributed by atoms with van der Waals surface area (Å²) >= 11 is 0. The lowest BCUT2D eigenvalue weighted by Gasteiger charge is -2.42. The number of rotatable bonds is 9. The molecule has 5 rings (SSSR count). The molecule has 2 fully saturated rings. The van der Waals surface area contributed by atoms with Crippen LogP contribution in [0.1, 0.15) is 107 Å². The Hall–Kier alpha value is -2.46. The Balaban J connectivity index is 1.75. The molecule has 2 aliphatic rings. The summed E-state index contributed by atoms with van der Waals surface area (Å²) in [6, 6.07) is 9.57. The van der Waals surface area contributed by atoms with Crippen LogP contribution in [0.4, 0.5) is 5.82 Å². The highest BCUT2D eigenvalue weighted by Crippen LogP contribution is 2.43. The minimum absolute atomic E-state index is 0.415. The van der Waals surface area contributed by atoms with Crippen molar-refractivity contribution in [2.45, 2.75) is 105 Å². The minimum atomic E-state index is 0.415. The van der Waals surface area contributed by atoms with Gasteiger partial charge in [-0.1, -0.05) is 82.7 Å². The Bertz CT molecular complexity index is 1310. The molecule has 40 heavy (non-hydrogen) atoms. The smallest absolute Gasteiger partial charge is 0.140 e. The van der Waals surface area contributed by atoms with Gasteiger partial charge in [-0.05, 0) is 93.3 Å². The average molecular weight is 541 g/mol. The highest BCUT2D eigenvalue weighted by molar-refractivity contribution is 5.97. The number of likely N-dealkylation sites (N-methyl/N-ethyl adjacent to an activating group) is 1. The van der Waals surface area contributed by atoms with Crippen LogP contribution >= 0.6 is 0 Å². The third-order valence-electron chi connectivity index (χ3n) is 10.1. The van der Waals surface area contributed by atoms with Crippen LogP contribution in [0.25, 0.3) is 22.0 Å². The van der Waals surface area contributed by atoms with Gasteiger partial charge in [-0.15, -0.1) is 0 Å². The van der Waals surface area contributed by atoms with E-state index in [1.54, 1.807) is 0 Å². The van der Waals surface area contributed by atoms with Crippen LogP contribution in [0.5, 0.6) is 0 Å². The van der Waals surface area contributed by atoms with E-state index >= 15 is 0 Å². The van der Waals surface area contributed by atoms with Crippen LogP contribution in [0.15, 0.2) is 24.3 Å². The quantitative estimate of drug-likeness (QED) is 0.272. The van der Waals surface area contributed by atoms with E-state index < -0.39 is 0 Å². The van der Waals surface area contributed by atoms with Gasteiger partial charge in [0.05, 0.1) is 5.52 Å². The van der Waals surface area contributed by atoms with E-state index in [0.717, 1.165) is 64.1 Å². The number of anilines is 1. The topological polar surface area (TPSA) is 32.3 Å². The molecule has 0 bridgehead atoms. The van der Waals surface area contributed by atoms with Gasteiger partial charge in [-0.2, -0.15) is 0 Å². The first-order valence-electron chi connectivity index (χ1n) is 16.2. The molecular weight excluding hydrogens is 488 g/mol. The first kappa shape index (κ1) is 29.0. The molecule has 1 atom stereocenters. The maximum atomic E-state index is 5.49. The number of hydrogen-bond donors (Lipinski definition) is 0. The molecule has 2 aromatic carbocycles. The maximum Gasteiger partial charge on any atom is 0.140 e. The summed E-state index contributed by atoms with van der Waals surface area (Å²) < 4.78 is 0. The number of benzene rings is 2. The molecule has 2 saturated heterocycles. The van der Waals surface area contributed by atoms with Crippen molar-refractivity contribution in [1.29, 1.82) is 0 Å². The Morgan fingerprint density at radius 3 is 2.10 bits per heavy atom. The number of likely N-dealkylation sites (tertiary alicyclic amines) is 1. The van der Waals surface area contributed by atoms with Gasteiger partial charge in [0.1, 0.15) is 11.6 Å². The number of hydrogen-bond acceptors (Lipinski definition) is 4. The second-order valence-corrected chi connectivity index (χ2v) is 13.0. The molecular formula is C36H52N4. The van der Waals surface area contributed by atoms with Crippen LogP contribution in [-0.4, -0.2) is 48.1 Å². The summed E-state index contributed by atoms with van der Waals surface area (Å²) in [5.41, 5.74) is 10.1. The summed E-state index contributed by atoms with van der Waals surface area (Å²) in [5.74, 6) is 2.69. The zero-order valence-electron chi connectivity index (χ0n) is 26.4. The second-order valence-electron chi connectivity index (χ2n) is 13.0. The monoisotopic (exact) mass is 540 g/mol. The molecule has 216 valence electrons. The van der Waals surface area contributed by atoms with Crippen molar-refractivity contribution >= 4 is 16.7 Å². The fourth-order valence-electron chi connectivity index (χ4n) is 7.55. The molecule has 2 aliphatic heterocycles. The standard InChI is InChI=1S/C36H52N4/c1-8-12-27-23-31-33(30(13-9-2)32(27)29-21-25(5)20-26(6)22-29)37-34(28-14-17-39(7)24-28)38-35(31)40-18-15-36(10-3,11-4)16-19-40/h20-23,28H,8-19,24H2,1-7H3. The van der Waals surface area contributed by atoms with Crippen molar-refractivity contribution in [3.63, 3.8) is 0 Å². The summed E-state index contributed by atoms with van der Waals surface area (Å²) in [6.45, 7) is 18.2. The van der Waals surface area contributed by atoms with Gasteiger partial charge < -0.3 is 9.80 Å². The predicted molar refractivity (Wildman–Crippen MR) is 172 cm³/mol. The fourth-order valence-corrected chi connectivity index (χ4v) is 7.55. The highest BCUT2D eigenvalue weighted by Gasteiger charge is 2.34. The highest BCUT2D eigenvalue weighted by atomic mass is 15.2. The minimum Gasteiger partial charge on any atom is -0.356 e. The third kappa shape index (κ3) is 5.66. The molecule has 3 aromatic rings. The van der Waals surface area contributed by atoms with Crippen LogP contribution in [-0.2, 0) is 12.8 Å². The number of piperidine rings is 1. The van der Waals surface area contributed by atoms with Gasteiger partial charge in [0, 0.05) is 30.9 Å². The third-order valence-corrected chi connectivity index (χ3v) is 10.1. The van der Waals surface area contributed by atoms with Crippen molar-refractivity contribution in [2.75, 3.05) is 38.1 Å². The number of nitrogens with zero attached hydrogens (tertiary/aromatic N) is 4. The second kappa shape index (κ2) is 12.2. The molecule has 1 unspecified atom stereocenters. The van der Waals surface area contributed by atoms with Crippen LogP contribution in [0.2, 0.25) is 0 Å². The maximum absolute atomic E-state index is 5.49. The van der Waals surface area contributed by atoms with Gasteiger partial charge >= 0.3 is 0 Å². The summed E-state index contributed by atoms with van der Waals surface area (Å²) in [4.78, 5) is 16.0. The van der Waals surface area contributed by atoms with Gasteiger partial charge in [0.2, 0.25) is 0 Å². The van der Waals surface area contributed by atoms with E-state index in [0.29, 0.717) is 11.3 Å². The van der Waals surface area contributed by atoms with Crippen molar-refractivity contribution in [2.24, 2.45) is 5.41 Å². The summed E-state index contributed by atoms with van der Waals surface area (Å²) in [6.07, 6.45) is 10.6. The average Bonchev–Trinajstić information content (AvgIpc) is 3.38. The normalized spacial score (nSPS) is 19.6. The van der Waals surface area contributed by atoms with Crippen molar-refractivity contribution in [3.05, 3.63) is 52.3 Å². The predicted octanol–water partition coefficient (Wildman–Crippen LogP) is 8.64. The van der Waals surface area contributed by atoms with Gasteiger partial charge in [0.15, 0.2) is 0 Å². The first-order chi connectivity index (χ1) is 19.3. The van der Waals surface area contributed by atoms with E-state index in [4.69, 9.17) is 9.97 Å². The van der Waals surface area contributed by atoms with E-state index in [1.165, 1.54) is 75.8 Å². The van der Waals surface area contributed by atoms with Crippen molar-refractivity contribution < 1.29 is 0 Å². The van der Waals surface area contributed by atoms with Crippen LogP contribution < -0.4 is 4.90 Å². The van der Waals surface area contributed by atoms with E-state index in [1.807, 2.05) is 0 Å². The van der Waals surface area contributed by atoms with E-state index in [9.17, 15) is 0 Å². The van der Waals surface area contributed by atoms with Gasteiger partial charge in [-0.3, -0.25) is 0 Å². The van der Waals surface area contributed by atoms with Crippen molar-refractivity contribution in [1.82, 2.24) is 14.9 Å². The Labute approximate surface area is 243 Å². The molecule has 0 amide bonds. The van der Waals surface area contributed by atoms with Crippen LogP contribution in [0, 0.1) is 19.3 Å². The largest absolute Gasteiger partial charge is 0.356 e. The van der Waals surface area contributed by atoms with E-state index in [2.05, 4.69) is 82.7 Å². The Morgan fingerprint density at radius 2 is 1.52 bits per heavy atom. The SMILES string of the molecule is CCCc1cc2c(N3CCC(CC)(CC)CC3)nc(C3CCN(C)C3)nc2c(CCC)c1-c1cc(C)cc(C)c1. The van der Waals surface area contributed by atoms with Gasteiger partial charge in [-0.25, -0.2) is 9.97 Å². The number of aryl methyl sites for hydroxylation is 4. The lowest BCUT2D eigenvalue weighted by atomic mass is 9.74. The number of aromatic nitrogens is 2. The molecule has 4 heteroatoms. The molecule has 4 nitrogen and oxygen atoms in total. The van der Waals surface area contributed by atoms with Crippen LogP contribution in [0.3, 0.4) is 0 Å². The van der Waals surface area contributed by atoms with Gasteiger partial charge in [0.25, 0.3) is 0 Å². The molecule has 3 heterocycles. The molecule has 0 aliphatic carbocycles. The zero-order valence-corrected chi connectivity index (χ0v) is 26.4. The molecule has 0 radical (unpaired) electrons. The van der Waals surface area contributed by atoms with Crippen molar-refractivity contribution in [3.8, 4) is 11.1 Å². The molecule has 1 aromatic heterocycles. The lowest BCUT2D eigenvalue weighted by Crippen LogP contribution is -2.40. The Kier molecular flexibility index (Phi) is 8.85. The summed E-state index contributed by atoms with van der Waals surface area (Å²) in [7, 11) is 2.24. The first-order valence-corrected chi connectivity index (χ1v) is 16.2.